The topological polar surface area (TPSA) is 15.3 Å². The van der Waals surface area contributed by atoms with Gasteiger partial charge in [0, 0.05) is 30.8 Å². The lowest BCUT2D eigenvalue weighted by Gasteiger charge is -2.32. The first-order chi connectivity index (χ1) is 8.60. The molecule has 2 rings (SSSR count). The SMILES string of the molecule is CNC1CCCN(Cc2cc(F)c(F)cc2F)C1.Cl. The molecule has 19 heavy (non-hydrogen) atoms. The van der Waals surface area contributed by atoms with E-state index in [4.69, 9.17) is 0 Å². The first-order valence-corrected chi connectivity index (χ1v) is 6.13. The molecule has 1 aliphatic rings. The molecule has 0 aliphatic carbocycles. The van der Waals surface area contributed by atoms with Gasteiger partial charge in [0.2, 0.25) is 0 Å². The van der Waals surface area contributed by atoms with Crippen LogP contribution in [0.3, 0.4) is 0 Å². The first kappa shape index (κ1) is 16.3. The van der Waals surface area contributed by atoms with Crippen LogP contribution in [0.1, 0.15) is 18.4 Å². The molecule has 0 radical (unpaired) electrons. The molecule has 1 atom stereocenters. The van der Waals surface area contributed by atoms with Gasteiger partial charge < -0.3 is 5.32 Å². The van der Waals surface area contributed by atoms with E-state index in [2.05, 4.69) is 10.2 Å². The molecule has 0 aromatic heterocycles. The zero-order chi connectivity index (χ0) is 13.1. The standard InChI is InChI=1S/C13H17F3N2.ClH/c1-17-10-3-2-4-18(8-10)7-9-5-12(15)13(16)6-11(9)14;/h5-6,10,17H,2-4,7-8H2,1H3;1H. The largest absolute Gasteiger partial charge is 0.316 e. The molecule has 0 amide bonds. The summed E-state index contributed by atoms with van der Waals surface area (Å²) in [5, 5.41) is 3.19. The van der Waals surface area contributed by atoms with Crippen LogP contribution in [0.5, 0.6) is 0 Å². The highest BCUT2D eigenvalue weighted by Gasteiger charge is 2.20. The smallest absolute Gasteiger partial charge is 0.161 e. The summed E-state index contributed by atoms with van der Waals surface area (Å²) in [6, 6.07) is 1.95. The summed E-state index contributed by atoms with van der Waals surface area (Å²) < 4.78 is 39.4. The number of likely N-dealkylation sites (tertiary alicyclic amines) is 1. The van der Waals surface area contributed by atoms with E-state index < -0.39 is 17.5 Å². The average molecular weight is 295 g/mol. The van der Waals surface area contributed by atoms with Gasteiger partial charge in [0.1, 0.15) is 5.82 Å². The Balaban J connectivity index is 0.00000180. The third-order valence-corrected chi connectivity index (χ3v) is 3.40. The van der Waals surface area contributed by atoms with Gasteiger partial charge in [0.05, 0.1) is 0 Å². The second kappa shape index (κ2) is 7.12. The maximum atomic E-state index is 13.5. The van der Waals surface area contributed by atoms with Crippen molar-refractivity contribution in [2.24, 2.45) is 0 Å². The van der Waals surface area contributed by atoms with E-state index in [1.807, 2.05) is 7.05 Å². The highest BCUT2D eigenvalue weighted by molar-refractivity contribution is 5.85. The first-order valence-electron chi connectivity index (χ1n) is 6.13. The molecule has 0 saturated carbocycles. The predicted molar refractivity (Wildman–Crippen MR) is 70.9 cm³/mol. The molecular formula is C13H18ClF3N2. The van der Waals surface area contributed by atoms with Crippen molar-refractivity contribution in [2.45, 2.75) is 25.4 Å². The number of likely N-dealkylation sites (N-methyl/N-ethyl adjacent to an activating group) is 1. The normalized spacial score (nSPS) is 20.1. The van der Waals surface area contributed by atoms with E-state index in [-0.39, 0.29) is 18.0 Å². The highest BCUT2D eigenvalue weighted by atomic mass is 35.5. The van der Waals surface area contributed by atoms with E-state index in [0.29, 0.717) is 18.7 Å². The number of hydrogen-bond donors (Lipinski definition) is 1. The maximum absolute atomic E-state index is 13.5. The van der Waals surface area contributed by atoms with Gasteiger partial charge >= 0.3 is 0 Å². The lowest BCUT2D eigenvalue weighted by atomic mass is 10.0. The van der Waals surface area contributed by atoms with Crippen LogP contribution in [0.15, 0.2) is 12.1 Å². The molecule has 1 aromatic carbocycles. The molecule has 0 spiro atoms. The van der Waals surface area contributed by atoms with E-state index in [0.717, 1.165) is 32.0 Å². The summed E-state index contributed by atoms with van der Waals surface area (Å²) in [4.78, 5) is 2.06. The molecular weight excluding hydrogens is 277 g/mol. The van der Waals surface area contributed by atoms with Crippen LogP contribution < -0.4 is 5.32 Å². The van der Waals surface area contributed by atoms with Crippen molar-refractivity contribution in [2.75, 3.05) is 20.1 Å². The summed E-state index contributed by atoms with van der Waals surface area (Å²) in [6.45, 7) is 1.98. The van der Waals surface area contributed by atoms with Gasteiger partial charge in [-0.25, -0.2) is 13.2 Å². The Hall–Kier alpha value is -0.780. The predicted octanol–water partition coefficient (Wildman–Crippen LogP) is 2.71. The molecule has 2 nitrogen and oxygen atoms in total. The van der Waals surface area contributed by atoms with E-state index in [1.165, 1.54) is 0 Å². The summed E-state index contributed by atoms with van der Waals surface area (Å²) in [7, 11) is 1.90. The maximum Gasteiger partial charge on any atom is 0.161 e. The van der Waals surface area contributed by atoms with Crippen LogP contribution in [0.4, 0.5) is 13.2 Å². The third-order valence-electron chi connectivity index (χ3n) is 3.40. The molecule has 108 valence electrons. The number of rotatable bonds is 3. The average Bonchev–Trinajstić information content (AvgIpc) is 2.36. The monoisotopic (exact) mass is 294 g/mol. The number of nitrogens with zero attached hydrogens (tertiary/aromatic N) is 1. The Kier molecular flexibility index (Phi) is 6.10. The molecule has 1 aromatic rings. The summed E-state index contributed by atoms with van der Waals surface area (Å²) in [5.74, 6) is -2.81. The van der Waals surface area contributed by atoms with Crippen LogP contribution in [0, 0.1) is 17.5 Å². The highest BCUT2D eigenvalue weighted by Crippen LogP contribution is 2.18. The number of piperidine rings is 1. The molecule has 1 unspecified atom stereocenters. The fourth-order valence-corrected chi connectivity index (χ4v) is 2.36. The summed E-state index contributed by atoms with van der Waals surface area (Å²) in [5.41, 5.74) is 0.214. The Morgan fingerprint density at radius 1 is 1.21 bits per heavy atom. The van der Waals surface area contributed by atoms with Crippen molar-refractivity contribution < 1.29 is 13.2 Å². The number of hydrogen-bond acceptors (Lipinski definition) is 2. The van der Waals surface area contributed by atoms with Gasteiger partial charge in [-0.1, -0.05) is 0 Å². The number of nitrogens with one attached hydrogen (secondary N) is 1. The molecule has 1 saturated heterocycles. The van der Waals surface area contributed by atoms with Gasteiger partial charge in [-0.05, 0) is 32.5 Å². The summed E-state index contributed by atoms with van der Waals surface area (Å²) in [6.07, 6.45) is 2.12. The number of halogens is 4. The zero-order valence-electron chi connectivity index (χ0n) is 10.8. The Bertz CT molecular complexity index is 429. The van der Waals surface area contributed by atoms with Crippen molar-refractivity contribution in [3.63, 3.8) is 0 Å². The van der Waals surface area contributed by atoms with Crippen molar-refractivity contribution in [1.29, 1.82) is 0 Å². The molecule has 1 N–H and O–H groups in total. The van der Waals surface area contributed by atoms with Crippen LogP contribution in [0.2, 0.25) is 0 Å². The molecule has 6 heteroatoms. The van der Waals surface area contributed by atoms with E-state index in [1.54, 1.807) is 0 Å². The quantitative estimate of drug-likeness (QED) is 0.863. The van der Waals surface area contributed by atoms with Crippen LogP contribution in [-0.2, 0) is 6.54 Å². The van der Waals surface area contributed by atoms with Crippen LogP contribution in [-0.4, -0.2) is 31.1 Å². The van der Waals surface area contributed by atoms with Crippen molar-refractivity contribution in [3.8, 4) is 0 Å². The van der Waals surface area contributed by atoms with Gasteiger partial charge in [0.15, 0.2) is 11.6 Å². The Morgan fingerprint density at radius 2 is 1.89 bits per heavy atom. The Morgan fingerprint density at radius 3 is 2.58 bits per heavy atom. The fraction of sp³-hybridized carbons (Fsp3) is 0.538. The minimum absolute atomic E-state index is 0. The van der Waals surface area contributed by atoms with E-state index >= 15 is 0 Å². The van der Waals surface area contributed by atoms with E-state index in [9.17, 15) is 13.2 Å². The molecule has 1 fully saturated rings. The lowest BCUT2D eigenvalue weighted by molar-refractivity contribution is 0.185. The second-order valence-electron chi connectivity index (χ2n) is 4.72. The Labute approximate surface area is 117 Å². The number of benzene rings is 1. The molecule has 1 aliphatic heterocycles. The summed E-state index contributed by atoms with van der Waals surface area (Å²) >= 11 is 0. The van der Waals surface area contributed by atoms with Gasteiger partial charge in [-0.2, -0.15) is 0 Å². The van der Waals surface area contributed by atoms with Crippen molar-refractivity contribution in [1.82, 2.24) is 10.2 Å². The second-order valence-corrected chi connectivity index (χ2v) is 4.72. The van der Waals surface area contributed by atoms with Crippen LogP contribution in [0.25, 0.3) is 0 Å². The minimum Gasteiger partial charge on any atom is -0.316 e. The lowest BCUT2D eigenvalue weighted by Crippen LogP contribution is -2.44. The van der Waals surface area contributed by atoms with Crippen LogP contribution >= 0.6 is 12.4 Å². The molecule has 1 heterocycles. The fourth-order valence-electron chi connectivity index (χ4n) is 2.36. The van der Waals surface area contributed by atoms with Gasteiger partial charge in [-0.3, -0.25) is 4.90 Å². The molecule has 0 bridgehead atoms. The third kappa shape index (κ3) is 4.09. The zero-order valence-corrected chi connectivity index (χ0v) is 11.6. The van der Waals surface area contributed by atoms with Crippen molar-refractivity contribution in [3.05, 3.63) is 35.1 Å². The van der Waals surface area contributed by atoms with Gasteiger partial charge in [-0.15, -0.1) is 12.4 Å². The van der Waals surface area contributed by atoms with Crippen molar-refractivity contribution >= 4 is 12.4 Å². The van der Waals surface area contributed by atoms with Gasteiger partial charge in [0.25, 0.3) is 0 Å². The minimum atomic E-state index is -1.14.